The first-order valence-electron chi connectivity index (χ1n) is 8.64. The molecular formula is C20H20N4OS. The van der Waals surface area contributed by atoms with Gasteiger partial charge in [-0.2, -0.15) is 0 Å². The highest BCUT2D eigenvalue weighted by atomic mass is 32.1. The Bertz CT molecular complexity index is 1060. The minimum absolute atomic E-state index is 0.0659. The molecule has 0 aliphatic heterocycles. The molecule has 0 aliphatic rings. The summed E-state index contributed by atoms with van der Waals surface area (Å²) in [4.78, 5) is 14.2. The van der Waals surface area contributed by atoms with E-state index in [4.69, 9.17) is 0 Å². The lowest BCUT2D eigenvalue weighted by molar-refractivity contribution is 0.0968. The summed E-state index contributed by atoms with van der Waals surface area (Å²) >= 11 is 1.77. The van der Waals surface area contributed by atoms with Crippen molar-refractivity contribution in [3.63, 3.8) is 0 Å². The number of carbonyl (C=O) groups is 1. The third-order valence-electron chi connectivity index (χ3n) is 4.75. The Morgan fingerprint density at radius 1 is 1.15 bits per heavy atom. The van der Waals surface area contributed by atoms with E-state index in [1.165, 1.54) is 4.88 Å². The number of aryl methyl sites for hydroxylation is 2. The van der Waals surface area contributed by atoms with Gasteiger partial charge in [-0.05, 0) is 49.9 Å². The van der Waals surface area contributed by atoms with Crippen LogP contribution in [-0.4, -0.2) is 25.3 Å². The van der Waals surface area contributed by atoms with E-state index < -0.39 is 0 Å². The fourth-order valence-electron chi connectivity index (χ4n) is 3.36. The highest BCUT2D eigenvalue weighted by Gasteiger charge is 2.17. The summed E-state index contributed by atoms with van der Waals surface area (Å²) < 4.78 is 3.90. The van der Waals surface area contributed by atoms with Gasteiger partial charge in [0.15, 0.2) is 5.78 Å². The summed E-state index contributed by atoms with van der Waals surface area (Å²) in [5.41, 5.74) is 4.60. The van der Waals surface area contributed by atoms with Crippen LogP contribution in [0.15, 0.2) is 47.8 Å². The second-order valence-corrected chi connectivity index (χ2v) is 7.46. The van der Waals surface area contributed by atoms with Crippen molar-refractivity contribution in [1.29, 1.82) is 0 Å². The molecular weight excluding hydrogens is 344 g/mol. The van der Waals surface area contributed by atoms with Gasteiger partial charge in [0.1, 0.15) is 12.1 Å². The topological polar surface area (TPSA) is 52.7 Å². The van der Waals surface area contributed by atoms with E-state index in [2.05, 4.69) is 39.3 Å². The Morgan fingerprint density at radius 2 is 2.00 bits per heavy atom. The number of hydrogen-bond donors (Lipinski definition) is 0. The fourth-order valence-corrected chi connectivity index (χ4v) is 4.06. The van der Waals surface area contributed by atoms with Crippen LogP contribution in [0.25, 0.3) is 11.0 Å². The maximum absolute atomic E-state index is 12.9. The SMILES string of the molecule is Cc1cc(C(=O)Cn2nnc3ccccc32)c(C)n1CCc1cccs1. The van der Waals surface area contributed by atoms with Gasteiger partial charge in [-0.15, -0.1) is 16.4 Å². The predicted molar refractivity (Wildman–Crippen MR) is 104 cm³/mol. The van der Waals surface area contributed by atoms with Crippen LogP contribution in [0.3, 0.4) is 0 Å². The van der Waals surface area contributed by atoms with Crippen LogP contribution in [0.5, 0.6) is 0 Å². The lowest BCUT2D eigenvalue weighted by atomic mass is 10.1. The van der Waals surface area contributed by atoms with Gasteiger partial charge in [-0.25, -0.2) is 4.68 Å². The van der Waals surface area contributed by atoms with Gasteiger partial charge in [0, 0.05) is 28.4 Å². The molecule has 0 aliphatic carbocycles. The van der Waals surface area contributed by atoms with Crippen molar-refractivity contribution < 1.29 is 4.79 Å². The normalized spacial score (nSPS) is 11.3. The molecule has 5 nitrogen and oxygen atoms in total. The van der Waals surface area contributed by atoms with Crippen molar-refractivity contribution in [1.82, 2.24) is 19.6 Å². The fraction of sp³-hybridized carbons (Fsp3) is 0.250. The van der Waals surface area contributed by atoms with Gasteiger partial charge in [0.05, 0.1) is 5.52 Å². The van der Waals surface area contributed by atoms with Crippen LogP contribution in [0.4, 0.5) is 0 Å². The van der Waals surface area contributed by atoms with Crippen molar-refractivity contribution >= 4 is 28.2 Å². The first-order valence-corrected chi connectivity index (χ1v) is 9.52. The number of aromatic nitrogens is 4. The molecule has 0 radical (unpaired) electrons. The van der Waals surface area contributed by atoms with Crippen LogP contribution in [0, 0.1) is 13.8 Å². The molecule has 0 unspecified atom stereocenters. The molecule has 0 spiro atoms. The first kappa shape index (κ1) is 16.7. The van der Waals surface area contributed by atoms with E-state index in [1.807, 2.05) is 37.3 Å². The highest BCUT2D eigenvalue weighted by Crippen LogP contribution is 2.19. The summed E-state index contributed by atoms with van der Waals surface area (Å²) in [5, 5.41) is 10.4. The standard InChI is InChI=1S/C20H20N4OS/c1-14-12-17(15(2)23(14)10-9-16-6-5-11-26-16)20(25)13-24-19-8-4-3-7-18(19)21-22-24/h3-8,11-12H,9-10,13H2,1-2H3. The van der Waals surface area contributed by atoms with Crippen LogP contribution >= 0.6 is 11.3 Å². The van der Waals surface area contributed by atoms with E-state index in [0.29, 0.717) is 0 Å². The number of carbonyl (C=O) groups excluding carboxylic acids is 1. The van der Waals surface area contributed by atoms with Gasteiger partial charge in [0.25, 0.3) is 0 Å². The number of hydrogen-bond acceptors (Lipinski definition) is 4. The van der Waals surface area contributed by atoms with Crippen molar-refractivity contribution in [2.45, 2.75) is 33.4 Å². The Hall–Kier alpha value is -2.73. The number of nitrogens with zero attached hydrogens (tertiary/aromatic N) is 4. The minimum Gasteiger partial charge on any atom is -0.348 e. The number of Topliss-reactive ketones (excluding diaryl/α,β-unsaturated/α-hetero) is 1. The van der Waals surface area contributed by atoms with Gasteiger partial charge in [-0.3, -0.25) is 4.79 Å². The molecule has 4 aromatic rings. The maximum atomic E-state index is 12.9. The molecule has 3 aromatic heterocycles. The Morgan fingerprint density at radius 3 is 2.81 bits per heavy atom. The van der Waals surface area contributed by atoms with Crippen molar-refractivity contribution in [2.24, 2.45) is 0 Å². The van der Waals surface area contributed by atoms with Crippen LogP contribution in [0.1, 0.15) is 26.6 Å². The number of thiophene rings is 1. The lowest BCUT2D eigenvalue weighted by Gasteiger charge is -2.09. The van der Waals surface area contributed by atoms with E-state index in [0.717, 1.165) is 41.0 Å². The van der Waals surface area contributed by atoms with Gasteiger partial charge in [0.2, 0.25) is 0 Å². The highest BCUT2D eigenvalue weighted by molar-refractivity contribution is 7.09. The Balaban J connectivity index is 1.55. The monoisotopic (exact) mass is 364 g/mol. The zero-order valence-corrected chi connectivity index (χ0v) is 15.7. The predicted octanol–water partition coefficient (Wildman–Crippen LogP) is 4.04. The summed E-state index contributed by atoms with van der Waals surface area (Å²) in [6.07, 6.45) is 0.982. The number of ketones is 1. The molecule has 4 rings (SSSR count). The number of benzene rings is 1. The van der Waals surface area contributed by atoms with Gasteiger partial charge in [-0.1, -0.05) is 23.4 Å². The zero-order chi connectivity index (χ0) is 18.1. The Kier molecular flexibility index (Phi) is 4.42. The number of rotatable bonds is 6. The second kappa shape index (κ2) is 6.88. The van der Waals surface area contributed by atoms with Crippen molar-refractivity contribution in [3.8, 4) is 0 Å². The molecule has 0 fully saturated rings. The van der Waals surface area contributed by atoms with Crippen molar-refractivity contribution in [3.05, 3.63) is 69.7 Å². The van der Waals surface area contributed by atoms with E-state index in [1.54, 1.807) is 16.0 Å². The molecule has 0 N–H and O–H groups in total. The summed E-state index contributed by atoms with van der Waals surface area (Å²) in [7, 11) is 0. The number of para-hydroxylation sites is 1. The lowest BCUT2D eigenvalue weighted by Crippen LogP contribution is -2.13. The minimum atomic E-state index is 0.0659. The number of fused-ring (bicyclic) bond motifs is 1. The zero-order valence-electron chi connectivity index (χ0n) is 14.8. The first-order chi connectivity index (χ1) is 12.6. The average Bonchev–Trinajstić information content (AvgIpc) is 3.35. The molecule has 1 aromatic carbocycles. The van der Waals surface area contributed by atoms with Crippen LogP contribution in [0.2, 0.25) is 0 Å². The summed E-state index contributed by atoms with van der Waals surface area (Å²) in [6.45, 7) is 5.17. The molecule has 6 heteroatoms. The quantitative estimate of drug-likeness (QED) is 0.485. The third-order valence-corrected chi connectivity index (χ3v) is 5.69. The van der Waals surface area contributed by atoms with E-state index in [9.17, 15) is 4.79 Å². The third kappa shape index (κ3) is 3.08. The molecule has 0 saturated heterocycles. The second-order valence-electron chi connectivity index (χ2n) is 6.42. The molecule has 3 heterocycles. The molecule has 0 bridgehead atoms. The van der Waals surface area contributed by atoms with Crippen molar-refractivity contribution in [2.75, 3.05) is 0 Å². The maximum Gasteiger partial charge on any atom is 0.186 e. The van der Waals surface area contributed by atoms with Gasteiger partial charge < -0.3 is 4.57 Å². The average molecular weight is 364 g/mol. The van der Waals surface area contributed by atoms with Crippen LogP contribution in [-0.2, 0) is 19.5 Å². The smallest absolute Gasteiger partial charge is 0.186 e. The van der Waals surface area contributed by atoms with Gasteiger partial charge >= 0.3 is 0 Å². The summed E-state index contributed by atoms with van der Waals surface area (Å²) in [5.74, 6) is 0.0659. The summed E-state index contributed by atoms with van der Waals surface area (Å²) in [6, 6.07) is 13.9. The largest absolute Gasteiger partial charge is 0.348 e. The molecule has 132 valence electrons. The molecule has 0 saturated carbocycles. The van der Waals surface area contributed by atoms with E-state index in [-0.39, 0.29) is 12.3 Å². The van der Waals surface area contributed by atoms with E-state index >= 15 is 0 Å². The Labute approximate surface area is 155 Å². The molecule has 0 atom stereocenters. The van der Waals surface area contributed by atoms with Crippen LogP contribution < -0.4 is 0 Å². The molecule has 26 heavy (non-hydrogen) atoms. The molecule has 0 amide bonds.